The van der Waals surface area contributed by atoms with E-state index in [-0.39, 0.29) is 53.5 Å². The maximum atomic E-state index is 14.1. The summed E-state index contributed by atoms with van der Waals surface area (Å²) >= 11 is 7.66. The number of likely N-dealkylation sites (tertiary alicyclic amines) is 1. The highest BCUT2D eigenvalue weighted by atomic mass is 35.5. The normalized spacial score (nSPS) is 16.1. The first-order valence-electron chi connectivity index (χ1n) is 17.7. The number of rotatable bonds is 9. The van der Waals surface area contributed by atoms with E-state index in [1.807, 2.05) is 16.7 Å². The number of sulfonamides is 1. The summed E-state index contributed by atoms with van der Waals surface area (Å²) in [6.45, 7) is 6.35. The third kappa shape index (κ3) is 7.62. The van der Waals surface area contributed by atoms with E-state index in [1.54, 1.807) is 31.2 Å². The van der Waals surface area contributed by atoms with Crippen LogP contribution in [0.3, 0.4) is 0 Å². The molecule has 7 rings (SSSR count). The molecule has 12 nitrogen and oxygen atoms in total. The van der Waals surface area contributed by atoms with Crippen LogP contribution in [0.5, 0.6) is 0 Å². The molecule has 0 bridgehead atoms. The molecule has 0 spiro atoms. The van der Waals surface area contributed by atoms with E-state index < -0.39 is 33.2 Å². The second-order valence-corrected chi connectivity index (χ2v) is 16.9. The van der Waals surface area contributed by atoms with Crippen LogP contribution in [0.4, 0.5) is 14.6 Å². The van der Waals surface area contributed by atoms with Gasteiger partial charge in [-0.3, -0.25) is 24.0 Å². The van der Waals surface area contributed by atoms with Crippen molar-refractivity contribution in [3.8, 4) is 29.0 Å². The molecule has 1 aromatic carbocycles. The number of carbonyl (C=O) groups is 1. The van der Waals surface area contributed by atoms with Gasteiger partial charge in [-0.05, 0) is 44.0 Å². The quantitative estimate of drug-likeness (QED) is 0.141. The number of carbonyl (C=O) groups excluding carboxylic acids is 1. The first-order chi connectivity index (χ1) is 26.7. The van der Waals surface area contributed by atoms with Crippen LogP contribution >= 0.6 is 22.9 Å². The molecule has 1 aliphatic carbocycles. The summed E-state index contributed by atoms with van der Waals surface area (Å²) in [7, 11) is -2.09. The highest BCUT2D eigenvalue weighted by Gasteiger charge is 2.48. The van der Waals surface area contributed by atoms with Gasteiger partial charge in [0.25, 0.3) is 17.4 Å². The number of alkyl halides is 2. The van der Waals surface area contributed by atoms with Crippen LogP contribution in [0.25, 0.3) is 32.2 Å². The summed E-state index contributed by atoms with van der Waals surface area (Å²) in [6, 6.07) is 8.98. The Morgan fingerprint density at radius 3 is 2.66 bits per heavy atom. The summed E-state index contributed by atoms with van der Waals surface area (Å²) in [5.74, 6) is 3.15. The number of piperidine rings is 1. The third-order valence-corrected chi connectivity index (χ3v) is 12.7. The molecule has 17 heteroatoms. The Morgan fingerprint density at radius 1 is 1.21 bits per heavy atom. The minimum Gasteiger partial charge on any atom is -0.355 e. The molecule has 5 aromatic rings. The van der Waals surface area contributed by atoms with Gasteiger partial charge >= 0.3 is 0 Å². The zero-order chi connectivity index (χ0) is 39.9. The topological polar surface area (TPSA) is 154 Å². The lowest BCUT2D eigenvalue weighted by atomic mass is 9.85. The van der Waals surface area contributed by atoms with E-state index in [1.165, 1.54) is 39.8 Å². The molecule has 1 aliphatic heterocycles. The van der Waals surface area contributed by atoms with Gasteiger partial charge in [-0.15, -0.1) is 17.9 Å². The van der Waals surface area contributed by atoms with Crippen molar-refractivity contribution in [3.63, 3.8) is 0 Å². The average Bonchev–Trinajstić information content (AvgIpc) is 3.59. The van der Waals surface area contributed by atoms with Gasteiger partial charge in [0.1, 0.15) is 23.3 Å². The number of fused-ring (bicyclic) bond motifs is 2. The molecule has 1 saturated carbocycles. The van der Waals surface area contributed by atoms with Gasteiger partial charge in [0.05, 0.1) is 45.2 Å². The van der Waals surface area contributed by atoms with E-state index in [2.05, 4.69) is 44.3 Å². The fourth-order valence-corrected chi connectivity index (χ4v) is 9.32. The predicted molar refractivity (Wildman–Crippen MR) is 213 cm³/mol. The smallest absolute Gasteiger partial charge is 0.267 e. The number of aromatic nitrogens is 4. The first kappa shape index (κ1) is 39.0. The van der Waals surface area contributed by atoms with Gasteiger partial charge in [-0.2, -0.15) is 5.26 Å². The Hall–Kier alpha value is -5.26. The summed E-state index contributed by atoms with van der Waals surface area (Å²) in [5, 5.41) is 12.4. The van der Waals surface area contributed by atoms with Crippen LogP contribution in [-0.4, -0.2) is 82.6 Å². The molecule has 0 atom stereocenters. The second-order valence-electron chi connectivity index (χ2n) is 13.9. The fraction of sp³-hybridized carbons (Fsp3) is 0.333. The van der Waals surface area contributed by atoms with Crippen LogP contribution in [0, 0.1) is 30.1 Å². The lowest BCUT2D eigenvalue weighted by molar-refractivity contribution is -0.127. The molecule has 1 saturated heterocycles. The predicted octanol–water partition coefficient (Wildman–Crippen LogP) is 5.90. The maximum Gasteiger partial charge on any atom is 0.267 e. The standard InChI is InChI=1S/C39H35ClF2N8O4S2/c1-4-16-56(53,54)47-37(51)31-22-55-35-28(9-12-44-34(31)35)29-17-25(40)8-7-24(29)6-5-13-50-23(2)46-32-21-45-36(30(20-43)33(32)38(50)52)48(3)26-10-14-49(15-11-26)27-18-39(41,42)19-27/h4,7-9,12,17,21-22,26-27H,1,10-11,13-16,18-19H2,2-3H3,(H,47,51). The van der Waals surface area contributed by atoms with Gasteiger partial charge in [-0.1, -0.05) is 29.5 Å². The van der Waals surface area contributed by atoms with Crippen molar-refractivity contribution < 1.29 is 22.0 Å². The van der Waals surface area contributed by atoms with Gasteiger partial charge in [-0.25, -0.2) is 31.9 Å². The molecular formula is C39H35ClF2N8O4S2. The molecular weight excluding hydrogens is 782 g/mol. The number of thiophene rings is 1. The van der Waals surface area contributed by atoms with Crippen molar-refractivity contribution in [1.29, 1.82) is 5.26 Å². The van der Waals surface area contributed by atoms with Crippen LogP contribution in [0.15, 0.2) is 59.5 Å². The Bertz CT molecular complexity index is 2680. The number of hydrogen-bond acceptors (Lipinski definition) is 11. The van der Waals surface area contributed by atoms with Gasteiger partial charge in [0.15, 0.2) is 0 Å². The Morgan fingerprint density at radius 2 is 1.96 bits per heavy atom. The minimum atomic E-state index is -3.92. The van der Waals surface area contributed by atoms with Crippen molar-refractivity contribution in [3.05, 3.63) is 92.6 Å². The monoisotopic (exact) mass is 816 g/mol. The maximum absolute atomic E-state index is 14.1. The number of halogens is 3. The largest absolute Gasteiger partial charge is 0.355 e. The molecule has 2 aliphatic rings. The minimum absolute atomic E-state index is 0.00185. The Balaban J connectivity index is 1.16. The SMILES string of the molecule is C=CCS(=O)(=O)NC(=O)c1csc2c(-c3cc(Cl)ccc3C#CCn3c(C)nc4cnc(N(C)C5CCN(C6CC(F)(F)C6)CC5)c(C#N)c4c3=O)ccnc12. The highest BCUT2D eigenvalue weighted by Crippen LogP contribution is 2.42. The van der Waals surface area contributed by atoms with E-state index in [0.717, 1.165) is 0 Å². The molecule has 5 heterocycles. The number of benzene rings is 1. The Labute approximate surface area is 330 Å². The molecule has 288 valence electrons. The molecule has 1 amide bonds. The molecule has 56 heavy (non-hydrogen) atoms. The molecule has 4 aromatic heterocycles. The van der Waals surface area contributed by atoms with Crippen LogP contribution in [0.2, 0.25) is 5.02 Å². The van der Waals surface area contributed by atoms with E-state index in [4.69, 9.17) is 11.6 Å². The number of aryl methyl sites for hydroxylation is 1. The van der Waals surface area contributed by atoms with Crippen molar-refractivity contribution >= 4 is 65.8 Å². The fourth-order valence-electron chi connectivity index (χ4n) is 7.33. The number of nitrogens with one attached hydrogen (secondary N) is 1. The molecule has 2 fully saturated rings. The van der Waals surface area contributed by atoms with Crippen molar-refractivity contribution in [2.45, 2.75) is 57.2 Å². The lowest BCUT2D eigenvalue weighted by Gasteiger charge is -2.46. The van der Waals surface area contributed by atoms with Gasteiger partial charge < -0.3 is 4.90 Å². The van der Waals surface area contributed by atoms with Crippen molar-refractivity contribution in [1.82, 2.24) is 29.1 Å². The highest BCUT2D eigenvalue weighted by molar-refractivity contribution is 7.90. The number of nitriles is 1. The summed E-state index contributed by atoms with van der Waals surface area (Å²) in [4.78, 5) is 44.5. The van der Waals surface area contributed by atoms with Crippen LogP contribution < -0.4 is 15.2 Å². The van der Waals surface area contributed by atoms with Crippen molar-refractivity contribution in [2.24, 2.45) is 0 Å². The summed E-state index contributed by atoms with van der Waals surface area (Å²) in [5.41, 5.74) is 2.22. The number of amides is 1. The average molecular weight is 817 g/mol. The number of anilines is 1. The van der Waals surface area contributed by atoms with E-state index >= 15 is 0 Å². The summed E-state index contributed by atoms with van der Waals surface area (Å²) < 4.78 is 55.5. The number of hydrogen-bond donors (Lipinski definition) is 1. The number of pyridine rings is 2. The lowest BCUT2D eigenvalue weighted by Crippen LogP contribution is -2.55. The summed E-state index contributed by atoms with van der Waals surface area (Å²) in [6.07, 6.45) is 5.38. The van der Waals surface area contributed by atoms with E-state index in [9.17, 15) is 32.0 Å². The number of nitrogens with zero attached hydrogens (tertiary/aromatic N) is 7. The van der Waals surface area contributed by atoms with Crippen LogP contribution in [0.1, 0.15) is 53.0 Å². The molecule has 0 radical (unpaired) electrons. The molecule has 1 N–H and O–H groups in total. The van der Waals surface area contributed by atoms with Crippen LogP contribution in [-0.2, 0) is 16.6 Å². The first-order valence-corrected chi connectivity index (χ1v) is 20.6. The zero-order valence-corrected chi connectivity index (χ0v) is 32.7. The third-order valence-electron chi connectivity index (χ3n) is 10.3. The molecule has 0 unspecified atom stereocenters. The zero-order valence-electron chi connectivity index (χ0n) is 30.4. The second kappa shape index (κ2) is 15.3. The van der Waals surface area contributed by atoms with Gasteiger partial charge in [0, 0.05) is 78.4 Å². The Kier molecular flexibility index (Phi) is 10.7. The van der Waals surface area contributed by atoms with E-state index in [0.29, 0.717) is 69.5 Å². The van der Waals surface area contributed by atoms with Crippen molar-refractivity contribution in [2.75, 3.05) is 30.8 Å². The van der Waals surface area contributed by atoms with Gasteiger partial charge in [0.2, 0.25) is 10.0 Å².